The van der Waals surface area contributed by atoms with Crippen molar-refractivity contribution in [2.75, 3.05) is 85.6 Å². The molecule has 0 aliphatic carbocycles. The lowest BCUT2D eigenvalue weighted by Crippen LogP contribution is -2.47. The van der Waals surface area contributed by atoms with E-state index in [4.69, 9.17) is 47.1 Å². The van der Waals surface area contributed by atoms with Crippen LogP contribution in [0.4, 0.5) is 8.78 Å². The normalized spacial score (nSPS) is 14.4. The third-order valence-electron chi connectivity index (χ3n) is 14.7. The first kappa shape index (κ1) is 61.5. The van der Waals surface area contributed by atoms with Crippen molar-refractivity contribution in [3.8, 4) is 16.1 Å². The molecule has 0 spiro atoms. The molecule has 2 aliphatic rings. The number of ether oxygens (including phenoxy) is 4. The molecule has 1 saturated heterocycles. The Bertz CT molecular complexity index is 3490. The summed E-state index contributed by atoms with van der Waals surface area (Å²) in [6, 6.07) is 21.9. The summed E-state index contributed by atoms with van der Waals surface area (Å²) in [6.07, 6.45) is 2.67. The van der Waals surface area contributed by atoms with Crippen LogP contribution in [0.5, 0.6) is 0 Å². The number of hydrogen-bond donors (Lipinski definition) is 4. The summed E-state index contributed by atoms with van der Waals surface area (Å²) in [5.74, 6) is -1.79. The Morgan fingerprint density at radius 2 is 1.44 bits per heavy atom. The molecule has 1 fully saturated rings. The fraction of sp³-hybridized carbons (Fsp3) is 0.371. The first-order chi connectivity index (χ1) is 40.7. The standard InChI is InChI=1S/C62H67Cl2F2N9O8S/c1-37-39(3)84-62-55(37)57(42-14-16-45(63)17-15-42)70-51(60-73-72-40(4)75(60)62)34-52(76)68-22-26-81-28-30-83-32-31-82-29-27-80-25-6-7-41-10-12-43(13-11-41)59(78)58-56(54-38(2)48(65)18-19-49(54)66)47(36-69-58)61(79)71-50(44-8-5-9-46(64)33-44)35-53(77)74-23-20-67-21-24-74/h5,8-19,33,36,50-51,67,69H,6-7,20-32,34-35H2,1-4H3,(H,68,76)(H,71,79)/t50-,51-/m0/s1. The number of halogens is 4. The van der Waals surface area contributed by atoms with Crippen molar-refractivity contribution >= 4 is 63.8 Å². The minimum Gasteiger partial charge on any atom is -0.379 e. The molecule has 442 valence electrons. The number of benzene rings is 4. The van der Waals surface area contributed by atoms with Gasteiger partial charge in [0.15, 0.2) is 5.82 Å². The van der Waals surface area contributed by atoms with Gasteiger partial charge in [-0.1, -0.05) is 71.7 Å². The van der Waals surface area contributed by atoms with Gasteiger partial charge in [0.2, 0.25) is 17.6 Å². The van der Waals surface area contributed by atoms with E-state index in [0.29, 0.717) is 120 Å². The number of rotatable bonds is 27. The number of carbonyl (C=O) groups excluding carboxylic acids is 4. The molecule has 0 saturated carbocycles. The summed E-state index contributed by atoms with van der Waals surface area (Å²) in [5.41, 5.74) is 4.99. The molecule has 5 heterocycles. The lowest BCUT2D eigenvalue weighted by molar-refractivity contribution is -0.132. The predicted molar refractivity (Wildman–Crippen MR) is 319 cm³/mol. The number of aromatic amines is 1. The fourth-order valence-corrected chi connectivity index (χ4v) is 11.7. The van der Waals surface area contributed by atoms with E-state index >= 15 is 8.78 Å². The first-order valence-corrected chi connectivity index (χ1v) is 29.5. The maximum absolute atomic E-state index is 15.8. The third kappa shape index (κ3) is 15.1. The van der Waals surface area contributed by atoms with Gasteiger partial charge in [-0.3, -0.25) is 28.7 Å². The molecule has 0 unspecified atom stereocenters. The van der Waals surface area contributed by atoms with Crippen molar-refractivity contribution in [1.82, 2.24) is 40.6 Å². The first-order valence-electron chi connectivity index (χ1n) is 28.0. The summed E-state index contributed by atoms with van der Waals surface area (Å²) < 4.78 is 55.8. The molecular weight excluding hydrogens is 1140 g/mol. The molecule has 3 amide bonds. The van der Waals surface area contributed by atoms with Gasteiger partial charge in [0, 0.05) is 88.3 Å². The van der Waals surface area contributed by atoms with Crippen molar-refractivity contribution in [3.05, 3.63) is 180 Å². The lowest BCUT2D eigenvalue weighted by atomic mass is 9.92. The van der Waals surface area contributed by atoms with Crippen LogP contribution in [0.2, 0.25) is 10.0 Å². The summed E-state index contributed by atoms with van der Waals surface area (Å²) in [6.45, 7) is 13.1. The number of fused-ring (bicyclic) bond motifs is 3. The number of amides is 3. The van der Waals surface area contributed by atoms with E-state index in [-0.39, 0.29) is 58.2 Å². The molecule has 3 aromatic heterocycles. The molecule has 2 aliphatic heterocycles. The van der Waals surface area contributed by atoms with Crippen LogP contribution in [0.3, 0.4) is 0 Å². The Morgan fingerprint density at radius 3 is 2.14 bits per heavy atom. The summed E-state index contributed by atoms with van der Waals surface area (Å²) >= 11 is 14.2. The van der Waals surface area contributed by atoms with Crippen molar-refractivity contribution in [2.24, 2.45) is 4.99 Å². The van der Waals surface area contributed by atoms with Crippen LogP contribution in [0.15, 0.2) is 96.1 Å². The second-order valence-electron chi connectivity index (χ2n) is 20.4. The van der Waals surface area contributed by atoms with E-state index in [1.165, 1.54) is 18.0 Å². The Hall–Kier alpha value is -7.01. The van der Waals surface area contributed by atoms with E-state index in [1.807, 2.05) is 47.9 Å². The smallest absolute Gasteiger partial charge is 0.253 e. The number of H-pyrrole nitrogens is 1. The number of thiophene rings is 1. The minimum atomic E-state index is -0.836. The van der Waals surface area contributed by atoms with Crippen LogP contribution in [0.1, 0.15) is 108 Å². The number of carbonyl (C=O) groups is 4. The predicted octanol–water partition coefficient (Wildman–Crippen LogP) is 9.76. The van der Waals surface area contributed by atoms with Crippen LogP contribution >= 0.6 is 34.5 Å². The SMILES string of the molecule is Cc1sc2c(c1C)C(c1ccc(Cl)cc1)=N[C@@H](CC(=O)NCCOCCOCCOCCOCCCc1ccc(C(=O)c3[nH]cc(C(=O)N[C@@H](CC(=O)N4CCNCC4)c4cccc(Cl)c4)c3-c3c(F)ccc(F)c3C)cc1)c1nnc(C)n1-2. The average Bonchev–Trinajstić information content (AvgIpc) is 3.67. The van der Waals surface area contributed by atoms with Gasteiger partial charge in [-0.05, 0) is 99.2 Å². The highest BCUT2D eigenvalue weighted by atomic mass is 35.5. The van der Waals surface area contributed by atoms with Gasteiger partial charge in [0.1, 0.15) is 28.5 Å². The number of ketones is 1. The van der Waals surface area contributed by atoms with E-state index in [2.05, 4.69) is 45.0 Å². The van der Waals surface area contributed by atoms with E-state index < -0.39 is 35.4 Å². The molecule has 4 aromatic carbocycles. The Balaban J connectivity index is 0.675. The molecule has 0 bridgehead atoms. The fourth-order valence-electron chi connectivity index (χ4n) is 10.2. The third-order valence-corrected chi connectivity index (χ3v) is 16.4. The molecule has 0 radical (unpaired) electrons. The number of piperazine rings is 1. The molecule has 7 aromatic rings. The molecule has 9 rings (SSSR count). The van der Waals surface area contributed by atoms with Crippen LogP contribution in [-0.2, 0) is 35.0 Å². The van der Waals surface area contributed by atoms with Crippen LogP contribution in [0, 0.1) is 39.3 Å². The highest BCUT2D eigenvalue weighted by Gasteiger charge is 2.34. The Kier molecular flexibility index (Phi) is 21.4. The number of nitrogens with one attached hydrogen (secondary N) is 4. The van der Waals surface area contributed by atoms with Gasteiger partial charge in [0.25, 0.3) is 5.91 Å². The van der Waals surface area contributed by atoms with Crippen molar-refractivity contribution in [3.63, 3.8) is 0 Å². The average molecular weight is 1210 g/mol. The van der Waals surface area contributed by atoms with E-state index in [0.717, 1.165) is 50.9 Å². The molecular formula is C62H67Cl2F2N9O8S. The van der Waals surface area contributed by atoms with Gasteiger partial charge < -0.3 is 44.8 Å². The van der Waals surface area contributed by atoms with Crippen LogP contribution in [-0.4, -0.2) is 139 Å². The highest BCUT2D eigenvalue weighted by molar-refractivity contribution is 7.15. The topological polar surface area (TPSA) is 203 Å². The van der Waals surface area contributed by atoms with Crippen LogP contribution in [0.25, 0.3) is 16.1 Å². The minimum absolute atomic E-state index is 0.0780. The largest absolute Gasteiger partial charge is 0.379 e. The Labute approximate surface area is 500 Å². The van der Waals surface area contributed by atoms with Gasteiger partial charge in [0.05, 0.1) is 82.1 Å². The zero-order chi connectivity index (χ0) is 59.3. The van der Waals surface area contributed by atoms with Crippen molar-refractivity contribution in [2.45, 2.75) is 65.5 Å². The Morgan fingerprint density at radius 1 is 0.762 bits per heavy atom. The number of nitrogens with zero attached hydrogens (tertiary/aromatic N) is 5. The van der Waals surface area contributed by atoms with Crippen LogP contribution < -0.4 is 16.0 Å². The number of aryl methyl sites for hydroxylation is 3. The second-order valence-corrected chi connectivity index (χ2v) is 22.5. The zero-order valence-electron chi connectivity index (χ0n) is 47.3. The maximum atomic E-state index is 15.8. The molecule has 2 atom stereocenters. The molecule has 17 nitrogen and oxygen atoms in total. The monoisotopic (exact) mass is 1210 g/mol. The lowest BCUT2D eigenvalue weighted by Gasteiger charge is -2.29. The molecule has 84 heavy (non-hydrogen) atoms. The van der Waals surface area contributed by atoms with Gasteiger partial charge >= 0.3 is 0 Å². The number of aliphatic imine (C=N–C) groups is 1. The van der Waals surface area contributed by atoms with Gasteiger partial charge in [-0.25, -0.2) is 8.78 Å². The van der Waals surface area contributed by atoms with E-state index in [9.17, 15) is 19.2 Å². The van der Waals surface area contributed by atoms with Gasteiger partial charge in [-0.2, -0.15) is 0 Å². The number of aromatic nitrogens is 4. The number of hydrogen-bond acceptors (Lipinski definition) is 13. The maximum Gasteiger partial charge on any atom is 0.253 e. The summed E-state index contributed by atoms with van der Waals surface area (Å²) in [4.78, 5) is 66.3. The molecule has 4 N–H and O–H groups in total. The summed E-state index contributed by atoms with van der Waals surface area (Å²) in [7, 11) is 0. The second kappa shape index (κ2) is 29.2. The zero-order valence-corrected chi connectivity index (χ0v) is 49.6. The quantitative estimate of drug-likeness (QED) is 0.0282. The van der Waals surface area contributed by atoms with Crippen molar-refractivity contribution in [1.29, 1.82) is 0 Å². The van der Waals surface area contributed by atoms with Crippen molar-refractivity contribution < 1.29 is 46.9 Å². The highest BCUT2D eigenvalue weighted by Crippen LogP contribution is 2.40. The van der Waals surface area contributed by atoms with E-state index in [1.54, 1.807) is 52.6 Å². The molecule has 22 heteroatoms. The van der Waals surface area contributed by atoms with Gasteiger partial charge in [-0.15, -0.1) is 21.5 Å². The summed E-state index contributed by atoms with van der Waals surface area (Å²) in [5, 5.41) is 20.0.